The minimum absolute atomic E-state index is 0.131. The summed E-state index contributed by atoms with van der Waals surface area (Å²) in [5, 5.41) is 9.73. The van der Waals surface area contributed by atoms with Gasteiger partial charge in [0, 0.05) is 53.7 Å². The van der Waals surface area contributed by atoms with Crippen molar-refractivity contribution in [3.8, 4) is 0 Å². The number of H-pyrrole nitrogens is 2. The molecule has 0 saturated carbocycles. The lowest BCUT2D eigenvalue weighted by Crippen LogP contribution is -2.47. The lowest BCUT2D eigenvalue weighted by atomic mass is 10.0. The van der Waals surface area contributed by atoms with Crippen LogP contribution in [-0.2, 0) is 20.7 Å². The molecule has 14 heteroatoms. The van der Waals surface area contributed by atoms with E-state index in [-0.39, 0.29) is 19.4 Å². The van der Waals surface area contributed by atoms with Gasteiger partial charge in [-0.3, -0.25) is 19.1 Å². The Morgan fingerprint density at radius 1 is 1.35 bits per heavy atom. The predicted molar refractivity (Wildman–Crippen MR) is 132 cm³/mol. The van der Waals surface area contributed by atoms with Gasteiger partial charge in [0.15, 0.2) is 0 Å². The first-order chi connectivity index (χ1) is 17.8. The van der Waals surface area contributed by atoms with E-state index in [1.54, 1.807) is 13.1 Å². The van der Waals surface area contributed by atoms with Gasteiger partial charge >= 0.3 is 11.8 Å². The number of fused-ring (bicyclic) bond motifs is 1. The standard InChI is InChI=1S/C23H26N8O6/c1-12-10-31(22(34)28-20(12)32)19-8-16(29-30-24)18(37-19)11-36-23(35)27-17(21(33)25-2)7-13-9-26-15-6-4-3-5-14(13)15/h3-6,9-10,16-19,26H,7-8,11H2,1-2H3,(H,25,33)(H,27,35)(H,28,32,34)/t16-,17+,18+,19+/m0/s1. The van der Waals surface area contributed by atoms with Crippen LogP contribution in [0.15, 0.2) is 51.4 Å². The molecule has 2 aromatic heterocycles. The van der Waals surface area contributed by atoms with E-state index in [1.807, 2.05) is 24.3 Å². The van der Waals surface area contributed by atoms with Crippen LogP contribution in [0.1, 0.15) is 23.8 Å². The lowest BCUT2D eigenvalue weighted by molar-refractivity contribution is -0.122. The number of alkyl carbamates (subject to hydrolysis) is 1. The monoisotopic (exact) mass is 510 g/mol. The van der Waals surface area contributed by atoms with E-state index in [4.69, 9.17) is 15.0 Å². The van der Waals surface area contributed by atoms with E-state index >= 15 is 0 Å². The van der Waals surface area contributed by atoms with E-state index in [1.165, 1.54) is 17.8 Å². The molecular formula is C23H26N8O6. The van der Waals surface area contributed by atoms with Gasteiger partial charge in [0.05, 0.1) is 6.04 Å². The van der Waals surface area contributed by atoms with E-state index in [0.29, 0.717) is 5.56 Å². The molecule has 0 unspecified atom stereocenters. The zero-order valence-corrected chi connectivity index (χ0v) is 20.1. The van der Waals surface area contributed by atoms with Crippen LogP contribution in [0.5, 0.6) is 0 Å². The normalized spacial score (nSPS) is 19.7. The average molecular weight is 511 g/mol. The quantitative estimate of drug-likeness (QED) is 0.200. The van der Waals surface area contributed by atoms with Crippen molar-refractivity contribution in [2.45, 2.75) is 44.2 Å². The van der Waals surface area contributed by atoms with Gasteiger partial charge in [0.25, 0.3) is 5.56 Å². The number of likely N-dealkylation sites (N-methyl/N-ethyl adjacent to an activating group) is 1. The first-order valence-electron chi connectivity index (χ1n) is 11.5. The molecule has 4 rings (SSSR count). The molecule has 2 amide bonds. The number of azide groups is 1. The Hall–Kier alpha value is -4.55. The SMILES string of the molecule is CNC(=O)[C@@H](Cc1c[nH]c2ccccc12)NC(=O)OC[C@H]1O[C@@H](n2cc(C)c(=O)[nH]c2=O)C[C@@H]1N=[N+]=[N-]. The Labute approximate surface area is 209 Å². The number of hydrogen-bond donors (Lipinski definition) is 4. The second-order valence-corrected chi connectivity index (χ2v) is 8.59. The number of carbonyl (C=O) groups is 2. The number of ether oxygens (including phenoxy) is 2. The van der Waals surface area contributed by atoms with Gasteiger partial charge in [-0.25, -0.2) is 9.59 Å². The fraction of sp³-hybridized carbons (Fsp3) is 0.391. The Morgan fingerprint density at radius 3 is 2.89 bits per heavy atom. The van der Waals surface area contributed by atoms with Crippen molar-refractivity contribution in [2.24, 2.45) is 5.11 Å². The average Bonchev–Trinajstić information content (AvgIpc) is 3.48. The maximum absolute atomic E-state index is 12.6. The summed E-state index contributed by atoms with van der Waals surface area (Å²) < 4.78 is 12.3. The number of amides is 2. The molecule has 1 fully saturated rings. The summed E-state index contributed by atoms with van der Waals surface area (Å²) >= 11 is 0. The third kappa shape index (κ3) is 5.66. The van der Waals surface area contributed by atoms with Crippen LogP contribution in [0.25, 0.3) is 21.3 Å². The fourth-order valence-electron chi connectivity index (χ4n) is 4.27. The number of rotatable bonds is 8. The van der Waals surface area contributed by atoms with Gasteiger partial charge in [-0.1, -0.05) is 23.3 Å². The van der Waals surface area contributed by atoms with Crippen LogP contribution in [0.4, 0.5) is 4.79 Å². The maximum atomic E-state index is 12.6. The summed E-state index contributed by atoms with van der Waals surface area (Å²) in [5.41, 5.74) is 9.80. The molecule has 1 aromatic carbocycles. The molecule has 1 aliphatic rings. The molecule has 1 aliphatic heterocycles. The summed E-state index contributed by atoms with van der Waals surface area (Å²) in [4.78, 5) is 57.1. The van der Waals surface area contributed by atoms with E-state index < -0.39 is 47.7 Å². The van der Waals surface area contributed by atoms with E-state index in [2.05, 4.69) is 30.6 Å². The molecule has 0 radical (unpaired) electrons. The summed E-state index contributed by atoms with van der Waals surface area (Å²) in [7, 11) is 1.47. The van der Waals surface area contributed by atoms with Crippen molar-refractivity contribution < 1.29 is 19.1 Å². The van der Waals surface area contributed by atoms with E-state index in [9.17, 15) is 19.2 Å². The Morgan fingerprint density at radius 2 is 2.14 bits per heavy atom. The molecule has 1 saturated heterocycles. The molecule has 194 valence electrons. The van der Waals surface area contributed by atoms with Crippen LogP contribution < -0.4 is 21.9 Å². The van der Waals surface area contributed by atoms with Crippen LogP contribution >= 0.6 is 0 Å². The highest BCUT2D eigenvalue weighted by atomic mass is 16.6. The Kier molecular flexibility index (Phi) is 7.60. The smallest absolute Gasteiger partial charge is 0.407 e. The first kappa shape index (κ1) is 25.5. The number of para-hydroxylation sites is 1. The largest absolute Gasteiger partial charge is 0.447 e. The highest BCUT2D eigenvalue weighted by Gasteiger charge is 2.37. The van der Waals surface area contributed by atoms with Crippen molar-refractivity contribution in [3.63, 3.8) is 0 Å². The molecule has 14 nitrogen and oxygen atoms in total. The fourth-order valence-corrected chi connectivity index (χ4v) is 4.27. The molecule has 0 bridgehead atoms. The molecule has 4 N–H and O–H groups in total. The minimum Gasteiger partial charge on any atom is -0.447 e. The van der Waals surface area contributed by atoms with Crippen LogP contribution in [0, 0.1) is 6.92 Å². The molecule has 37 heavy (non-hydrogen) atoms. The molecule has 3 aromatic rings. The van der Waals surface area contributed by atoms with Crippen molar-refractivity contribution >= 4 is 22.9 Å². The van der Waals surface area contributed by atoms with Crippen molar-refractivity contribution in [1.29, 1.82) is 0 Å². The van der Waals surface area contributed by atoms with Gasteiger partial charge in [0.1, 0.15) is 25.0 Å². The Balaban J connectivity index is 1.42. The van der Waals surface area contributed by atoms with Gasteiger partial charge in [-0.05, 0) is 24.1 Å². The molecule has 0 aliphatic carbocycles. The molecular weight excluding hydrogens is 484 g/mol. The zero-order valence-electron chi connectivity index (χ0n) is 20.1. The number of aryl methyl sites for hydroxylation is 1. The van der Waals surface area contributed by atoms with Crippen LogP contribution in [0.3, 0.4) is 0 Å². The molecule has 3 heterocycles. The number of hydrogen-bond acceptors (Lipinski definition) is 7. The summed E-state index contributed by atoms with van der Waals surface area (Å²) in [5.74, 6) is -0.404. The molecule has 4 atom stereocenters. The summed E-state index contributed by atoms with van der Waals surface area (Å²) in [6.45, 7) is 1.25. The first-order valence-corrected chi connectivity index (χ1v) is 11.5. The van der Waals surface area contributed by atoms with Gasteiger partial charge in [0.2, 0.25) is 5.91 Å². The third-order valence-corrected chi connectivity index (χ3v) is 6.19. The highest BCUT2D eigenvalue weighted by Crippen LogP contribution is 2.30. The van der Waals surface area contributed by atoms with Gasteiger partial charge in [-0.15, -0.1) is 0 Å². The van der Waals surface area contributed by atoms with Gasteiger partial charge < -0.3 is 25.1 Å². The number of aromatic nitrogens is 3. The number of nitrogens with zero attached hydrogens (tertiary/aromatic N) is 4. The number of benzene rings is 1. The predicted octanol–water partition coefficient (Wildman–Crippen LogP) is 1.38. The van der Waals surface area contributed by atoms with Crippen molar-refractivity contribution in [2.75, 3.05) is 13.7 Å². The van der Waals surface area contributed by atoms with Gasteiger partial charge in [-0.2, -0.15) is 0 Å². The van der Waals surface area contributed by atoms with E-state index in [0.717, 1.165) is 16.5 Å². The number of carbonyl (C=O) groups excluding carboxylic acids is 2. The summed E-state index contributed by atoms with van der Waals surface area (Å²) in [6, 6.07) is 5.95. The highest BCUT2D eigenvalue weighted by molar-refractivity contribution is 5.88. The minimum atomic E-state index is -0.912. The number of aromatic amines is 2. The topological polar surface area (TPSA) is 196 Å². The van der Waals surface area contributed by atoms with Crippen molar-refractivity contribution in [1.82, 2.24) is 25.2 Å². The summed E-state index contributed by atoms with van der Waals surface area (Å²) in [6.07, 6.45) is 0.938. The number of nitrogens with one attached hydrogen (secondary N) is 4. The maximum Gasteiger partial charge on any atom is 0.407 e. The third-order valence-electron chi connectivity index (χ3n) is 6.19. The zero-order chi connectivity index (χ0) is 26.5. The van der Waals surface area contributed by atoms with Crippen molar-refractivity contribution in [3.05, 3.63) is 79.1 Å². The Bertz CT molecular complexity index is 1470. The lowest BCUT2D eigenvalue weighted by Gasteiger charge is -2.19. The molecule has 0 spiro atoms. The van der Waals surface area contributed by atoms with Crippen LogP contribution in [0.2, 0.25) is 0 Å². The second kappa shape index (κ2) is 11.0. The second-order valence-electron chi connectivity index (χ2n) is 8.59. The van der Waals surface area contributed by atoms with Crippen LogP contribution in [-0.4, -0.2) is 58.4 Å².